The van der Waals surface area contributed by atoms with Crippen molar-refractivity contribution < 1.29 is 31.8 Å². The van der Waals surface area contributed by atoms with Crippen molar-refractivity contribution in [1.82, 2.24) is 0 Å². The second kappa shape index (κ2) is 9.15. The number of aryl methyl sites for hydroxylation is 1. The van der Waals surface area contributed by atoms with E-state index in [4.69, 9.17) is 4.74 Å². The largest absolute Gasteiger partial charge is 0.573 e. The zero-order valence-corrected chi connectivity index (χ0v) is 16.3. The Kier molecular flexibility index (Phi) is 6.59. The minimum atomic E-state index is -4.99. The molecule has 0 radical (unpaired) electrons. The fourth-order valence-corrected chi connectivity index (χ4v) is 3.07. The maximum absolute atomic E-state index is 14.3. The summed E-state index contributed by atoms with van der Waals surface area (Å²) >= 11 is 0. The number of alkyl halides is 3. The van der Waals surface area contributed by atoms with Gasteiger partial charge < -0.3 is 9.47 Å². The molecule has 0 atom stereocenters. The van der Waals surface area contributed by atoms with Crippen LogP contribution in [0.5, 0.6) is 11.5 Å². The van der Waals surface area contributed by atoms with Crippen LogP contribution in [0.4, 0.5) is 17.6 Å². The van der Waals surface area contributed by atoms with Crippen LogP contribution in [-0.2, 0) is 6.42 Å². The molecule has 0 aromatic heterocycles. The van der Waals surface area contributed by atoms with Crippen LogP contribution in [-0.4, -0.2) is 12.3 Å². The Bertz CT molecular complexity index is 1030. The molecule has 0 saturated heterocycles. The summed E-state index contributed by atoms with van der Waals surface area (Å²) in [6.07, 6.45) is -0.675. The van der Waals surface area contributed by atoms with Gasteiger partial charge in [-0.25, -0.2) is 9.18 Å². The standard InChI is InChI=1S/C23H20F4O3/c1-2-3-4-5-15-6-8-16(9-7-15)22(28)29-18-11-12-19-17(14-18)10-13-20(21(19)24)30-23(25,26)27/h6-14H,2-5H2,1H3. The molecule has 0 aliphatic rings. The highest BCUT2D eigenvalue weighted by Crippen LogP contribution is 2.32. The average Bonchev–Trinajstić information content (AvgIpc) is 2.70. The Balaban J connectivity index is 1.72. The van der Waals surface area contributed by atoms with Crippen molar-refractivity contribution in [1.29, 1.82) is 0 Å². The lowest BCUT2D eigenvalue weighted by Gasteiger charge is -2.12. The third-order valence-corrected chi connectivity index (χ3v) is 4.58. The summed E-state index contributed by atoms with van der Waals surface area (Å²) in [7, 11) is 0. The summed E-state index contributed by atoms with van der Waals surface area (Å²) in [4.78, 5) is 12.4. The van der Waals surface area contributed by atoms with Gasteiger partial charge >= 0.3 is 12.3 Å². The molecule has 0 aliphatic heterocycles. The Hall–Kier alpha value is -3.09. The van der Waals surface area contributed by atoms with Crippen LogP contribution >= 0.6 is 0 Å². The molecule has 3 aromatic rings. The van der Waals surface area contributed by atoms with E-state index in [0.717, 1.165) is 37.3 Å². The van der Waals surface area contributed by atoms with Crippen molar-refractivity contribution in [2.75, 3.05) is 0 Å². The lowest BCUT2D eigenvalue weighted by molar-refractivity contribution is -0.275. The smallest absolute Gasteiger partial charge is 0.423 e. The molecule has 30 heavy (non-hydrogen) atoms. The number of esters is 1. The van der Waals surface area contributed by atoms with Gasteiger partial charge in [0, 0.05) is 5.39 Å². The van der Waals surface area contributed by atoms with Gasteiger partial charge in [0.2, 0.25) is 0 Å². The molecular weight excluding hydrogens is 400 g/mol. The number of ether oxygens (including phenoxy) is 2. The number of halogens is 4. The summed E-state index contributed by atoms with van der Waals surface area (Å²) in [5, 5.41) is 0.201. The highest BCUT2D eigenvalue weighted by Gasteiger charge is 2.32. The minimum absolute atomic E-state index is 0.0759. The molecule has 0 unspecified atom stereocenters. The fourth-order valence-electron chi connectivity index (χ4n) is 3.07. The molecule has 0 saturated carbocycles. The first kappa shape index (κ1) is 21.6. The molecule has 0 aliphatic carbocycles. The second-order valence-electron chi connectivity index (χ2n) is 6.85. The van der Waals surface area contributed by atoms with Gasteiger partial charge in [0.05, 0.1) is 5.56 Å². The lowest BCUT2D eigenvalue weighted by atomic mass is 10.1. The van der Waals surface area contributed by atoms with Gasteiger partial charge in [-0.05, 0) is 60.2 Å². The number of hydrogen-bond acceptors (Lipinski definition) is 3. The fraction of sp³-hybridized carbons (Fsp3) is 0.261. The lowest BCUT2D eigenvalue weighted by Crippen LogP contribution is -2.18. The van der Waals surface area contributed by atoms with E-state index in [-0.39, 0.29) is 16.5 Å². The molecular formula is C23H20F4O3. The number of unbranched alkanes of at least 4 members (excludes halogenated alkanes) is 2. The monoisotopic (exact) mass is 420 g/mol. The van der Waals surface area contributed by atoms with Gasteiger partial charge in [0.25, 0.3) is 0 Å². The van der Waals surface area contributed by atoms with Crippen molar-refractivity contribution >= 4 is 16.7 Å². The van der Waals surface area contributed by atoms with Crippen LogP contribution in [0.1, 0.15) is 42.1 Å². The van der Waals surface area contributed by atoms with Gasteiger partial charge in [0.15, 0.2) is 11.6 Å². The first-order chi connectivity index (χ1) is 14.3. The first-order valence-corrected chi connectivity index (χ1v) is 9.56. The van der Waals surface area contributed by atoms with Crippen molar-refractivity contribution in [2.24, 2.45) is 0 Å². The van der Waals surface area contributed by atoms with Crippen LogP contribution in [0.25, 0.3) is 10.8 Å². The number of hydrogen-bond donors (Lipinski definition) is 0. The Labute approximate surface area is 171 Å². The van der Waals surface area contributed by atoms with Crippen molar-refractivity contribution in [3.05, 3.63) is 71.5 Å². The molecule has 3 aromatic carbocycles. The van der Waals surface area contributed by atoms with Gasteiger partial charge in [-0.1, -0.05) is 38.0 Å². The van der Waals surface area contributed by atoms with Crippen LogP contribution in [0.2, 0.25) is 0 Å². The van der Waals surface area contributed by atoms with Crippen molar-refractivity contribution in [3.8, 4) is 11.5 Å². The minimum Gasteiger partial charge on any atom is -0.423 e. The summed E-state index contributed by atoms with van der Waals surface area (Å²) in [6, 6.07) is 13.2. The van der Waals surface area contributed by atoms with Gasteiger partial charge in [-0.15, -0.1) is 13.2 Å². The normalized spacial score (nSPS) is 11.5. The summed E-state index contributed by atoms with van der Waals surface area (Å²) < 4.78 is 60.3. The summed E-state index contributed by atoms with van der Waals surface area (Å²) in [6.45, 7) is 2.13. The zero-order valence-electron chi connectivity index (χ0n) is 16.3. The molecule has 0 N–H and O–H groups in total. The predicted octanol–water partition coefficient (Wildman–Crippen LogP) is 6.83. The van der Waals surface area contributed by atoms with Crippen LogP contribution < -0.4 is 9.47 Å². The number of rotatable bonds is 7. The van der Waals surface area contributed by atoms with Crippen LogP contribution in [0.3, 0.4) is 0 Å². The van der Waals surface area contributed by atoms with Crippen LogP contribution in [0, 0.1) is 5.82 Å². The molecule has 7 heteroatoms. The quantitative estimate of drug-likeness (QED) is 0.182. The van der Waals surface area contributed by atoms with E-state index in [0.29, 0.717) is 5.56 Å². The molecule has 0 amide bonds. The Morgan fingerprint density at radius 1 is 0.967 bits per heavy atom. The molecule has 3 nitrogen and oxygen atoms in total. The van der Waals surface area contributed by atoms with E-state index in [1.807, 2.05) is 12.1 Å². The van der Waals surface area contributed by atoms with Crippen molar-refractivity contribution in [3.63, 3.8) is 0 Å². The highest BCUT2D eigenvalue weighted by atomic mass is 19.4. The molecule has 0 bridgehead atoms. The molecule has 158 valence electrons. The van der Waals surface area contributed by atoms with E-state index >= 15 is 0 Å². The summed E-state index contributed by atoms with van der Waals surface area (Å²) in [5.74, 6) is -2.48. The topological polar surface area (TPSA) is 35.5 Å². The van der Waals surface area contributed by atoms with E-state index in [1.165, 1.54) is 24.3 Å². The first-order valence-electron chi connectivity index (χ1n) is 9.56. The third kappa shape index (κ3) is 5.49. The molecule has 3 rings (SSSR count). The average molecular weight is 420 g/mol. The molecule has 0 spiro atoms. The zero-order chi connectivity index (χ0) is 21.7. The summed E-state index contributed by atoms with van der Waals surface area (Å²) in [5.41, 5.74) is 1.51. The van der Waals surface area contributed by atoms with Crippen LogP contribution in [0.15, 0.2) is 54.6 Å². The van der Waals surface area contributed by atoms with Gasteiger partial charge in [-0.3, -0.25) is 0 Å². The molecule has 0 heterocycles. The van der Waals surface area contributed by atoms with E-state index in [1.54, 1.807) is 12.1 Å². The maximum Gasteiger partial charge on any atom is 0.573 e. The molecule has 0 fully saturated rings. The maximum atomic E-state index is 14.3. The number of benzene rings is 3. The third-order valence-electron chi connectivity index (χ3n) is 4.58. The van der Waals surface area contributed by atoms with Crippen molar-refractivity contribution in [2.45, 2.75) is 39.0 Å². The second-order valence-corrected chi connectivity index (χ2v) is 6.85. The SMILES string of the molecule is CCCCCc1ccc(C(=O)Oc2ccc3c(F)c(OC(F)(F)F)ccc3c2)cc1. The van der Waals surface area contributed by atoms with E-state index < -0.39 is 23.9 Å². The highest BCUT2D eigenvalue weighted by molar-refractivity contribution is 5.92. The predicted molar refractivity (Wildman–Crippen MR) is 105 cm³/mol. The van der Waals surface area contributed by atoms with E-state index in [9.17, 15) is 22.4 Å². The number of fused-ring (bicyclic) bond motifs is 1. The number of carbonyl (C=O) groups excluding carboxylic acids is 1. The Morgan fingerprint density at radius 2 is 1.70 bits per heavy atom. The van der Waals surface area contributed by atoms with E-state index in [2.05, 4.69) is 11.7 Å². The van der Waals surface area contributed by atoms with Gasteiger partial charge in [-0.2, -0.15) is 0 Å². The Morgan fingerprint density at radius 3 is 2.37 bits per heavy atom. The van der Waals surface area contributed by atoms with Gasteiger partial charge in [0.1, 0.15) is 5.75 Å². The number of carbonyl (C=O) groups is 1.